The lowest BCUT2D eigenvalue weighted by atomic mass is 10.1. The van der Waals surface area contributed by atoms with Gasteiger partial charge in [0.2, 0.25) is 6.41 Å². The van der Waals surface area contributed by atoms with Crippen LogP contribution in [0.1, 0.15) is 10.4 Å². The van der Waals surface area contributed by atoms with Crippen LogP contribution in [0.5, 0.6) is 0 Å². The number of nitrogens with zero attached hydrogens (tertiary/aromatic N) is 1. The van der Waals surface area contributed by atoms with E-state index < -0.39 is 0 Å². The van der Waals surface area contributed by atoms with Gasteiger partial charge in [0.25, 0.3) is 5.91 Å². The molecule has 1 aromatic rings. The number of amides is 2. The molecule has 0 atom stereocenters. The maximum atomic E-state index is 11.8. The molecule has 0 saturated heterocycles. The third-order valence-corrected chi connectivity index (χ3v) is 2.61. The Labute approximate surface area is 93.4 Å². The largest absolute Gasteiger partial charge is 0.371 e. The van der Waals surface area contributed by atoms with Crippen LogP contribution in [-0.4, -0.2) is 32.5 Å². The molecule has 2 N–H and O–H groups in total. The van der Waals surface area contributed by atoms with Crippen molar-refractivity contribution < 1.29 is 9.59 Å². The Kier molecular flexibility index (Phi) is 2.76. The van der Waals surface area contributed by atoms with Gasteiger partial charge in [0.15, 0.2) is 0 Å². The summed E-state index contributed by atoms with van der Waals surface area (Å²) in [4.78, 5) is 24.2. The van der Waals surface area contributed by atoms with E-state index in [0.29, 0.717) is 24.2 Å². The number of benzene rings is 1. The van der Waals surface area contributed by atoms with Crippen molar-refractivity contribution in [2.75, 3.05) is 30.4 Å². The number of fused-ring (bicyclic) bond motifs is 1. The number of rotatable bonds is 2. The minimum atomic E-state index is -0.103. The van der Waals surface area contributed by atoms with Crippen LogP contribution >= 0.6 is 0 Å². The zero-order valence-corrected chi connectivity index (χ0v) is 8.99. The Morgan fingerprint density at radius 2 is 2.31 bits per heavy atom. The highest BCUT2D eigenvalue weighted by Gasteiger charge is 2.20. The fourth-order valence-corrected chi connectivity index (χ4v) is 1.86. The first kappa shape index (κ1) is 10.5. The molecule has 5 nitrogen and oxygen atoms in total. The molecule has 0 saturated carbocycles. The Hall–Kier alpha value is -2.04. The molecule has 16 heavy (non-hydrogen) atoms. The molecule has 0 aliphatic carbocycles. The van der Waals surface area contributed by atoms with Crippen LogP contribution in [0, 0.1) is 0 Å². The number of hydrogen-bond acceptors (Lipinski definition) is 3. The average Bonchev–Trinajstić information content (AvgIpc) is 2.41. The van der Waals surface area contributed by atoms with E-state index in [2.05, 4.69) is 10.6 Å². The van der Waals surface area contributed by atoms with E-state index in [0.717, 1.165) is 12.2 Å². The van der Waals surface area contributed by atoms with E-state index in [1.165, 1.54) is 0 Å². The molecule has 5 heteroatoms. The van der Waals surface area contributed by atoms with Gasteiger partial charge in [-0.15, -0.1) is 0 Å². The Bertz CT molecular complexity index is 431. The van der Waals surface area contributed by atoms with Crippen LogP contribution in [0.25, 0.3) is 0 Å². The summed E-state index contributed by atoms with van der Waals surface area (Å²) in [6, 6.07) is 5.29. The summed E-state index contributed by atoms with van der Waals surface area (Å²) in [5.74, 6) is -0.103. The van der Waals surface area contributed by atoms with Gasteiger partial charge in [-0.05, 0) is 12.1 Å². The van der Waals surface area contributed by atoms with Crippen LogP contribution in [-0.2, 0) is 4.79 Å². The SMILES string of the molecule is CN1CCNC(=O)c2cccc(NC=O)c21. The van der Waals surface area contributed by atoms with E-state index in [-0.39, 0.29) is 5.91 Å². The molecule has 2 amide bonds. The zero-order valence-electron chi connectivity index (χ0n) is 8.99. The number of para-hydroxylation sites is 1. The predicted octanol–water partition coefficient (Wildman–Crippen LogP) is 0.434. The fraction of sp³-hybridized carbons (Fsp3) is 0.273. The third kappa shape index (κ3) is 1.71. The number of nitrogens with one attached hydrogen (secondary N) is 2. The number of hydrogen-bond donors (Lipinski definition) is 2. The monoisotopic (exact) mass is 219 g/mol. The molecule has 1 heterocycles. The molecule has 0 spiro atoms. The van der Waals surface area contributed by atoms with Gasteiger partial charge >= 0.3 is 0 Å². The zero-order chi connectivity index (χ0) is 11.5. The molecule has 1 aliphatic heterocycles. The number of anilines is 2. The van der Waals surface area contributed by atoms with Crippen molar-refractivity contribution in [3.8, 4) is 0 Å². The topological polar surface area (TPSA) is 61.4 Å². The second-order valence-corrected chi connectivity index (χ2v) is 3.64. The van der Waals surface area contributed by atoms with Crippen LogP contribution < -0.4 is 15.5 Å². The van der Waals surface area contributed by atoms with Crippen LogP contribution in [0.4, 0.5) is 11.4 Å². The summed E-state index contributed by atoms with van der Waals surface area (Å²) in [6.07, 6.45) is 0.617. The minimum Gasteiger partial charge on any atom is -0.371 e. The normalized spacial score (nSPS) is 14.8. The van der Waals surface area contributed by atoms with Gasteiger partial charge in [0.1, 0.15) is 0 Å². The van der Waals surface area contributed by atoms with Crippen molar-refractivity contribution in [2.24, 2.45) is 0 Å². The van der Waals surface area contributed by atoms with Crippen molar-refractivity contribution in [2.45, 2.75) is 0 Å². The second-order valence-electron chi connectivity index (χ2n) is 3.64. The summed E-state index contributed by atoms with van der Waals surface area (Å²) < 4.78 is 0. The van der Waals surface area contributed by atoms with Gasteiger partial charge in [-0.2, -0.15) is 0 Å². The number of carbonyl (C=O) groups is 2. The van der Waals surface area contributed by atoms with E-state index in [9.17, 15) is 9.59 Å². The first-order valence-electron chi connectivity index (χ1n) is 5.06. The molecule has 84 valence electrons. The minimum absolute atomic E-state index is 0.103. The lowest BCUT2D eigenvalue weighted by Crippen LogP contribution is -2.27. The van der Waals surface area contributed by atoms with Crippen molar-refractivity contribution in [1.82, 2.24) is 5.32 Å². The molecule has 1 aliphatic rings. The second kappa shape index (κ2) is 4.22. The molecule has 0 radical (unpaired) electrons. The molecule has 0 bridgehead atoms. The lowest BCUT2D eigenvalue weighted by molar-refractivity contribution is -0.105. The lowest BCUT2D eigenvalue weighted by Gasteiger charge is -2.20. The Morgan fingerprint density at radius 3 is 3.06 bits per heavy atom. The highest BCUT2D eigenvalue weighted by Crippen LogP contribution is 2.30. The van der Waals surface area contributed by atoms with Crippen molar-refractivity contribution >= 4 is 23.7 Å². The first-order chi connectivity index (χ1) is 7.74. The van der Waals surface area contributed by atoms with Crippen LogP contribution in [0.2, 0.25) is 0 Å². The number of likely N-dealkylation sites (N-methyl/N-ethyl adjacent to an activating group) is 1. The summed E-state index contributed by atoms with van der Waals surface area (Å²) >= 11 is 0. The van der Waals surface area contributed by atoms with E-state index >= 15 is 0 Å². The van der Waals surface area contributed by atoms with Gasteiger partial charge in [-0.1, -0.05) is 6.07 Å². The fourth-order valence-electron chi connectivity index (χ4n) is 1.86. The summed E-state index contributed by atoms with van der Waals surface area (Å²) in [6.45, 7) is 1.32. The highest BCUT2D eigenvalue weighted by molar-refractivity contribution is 6.04. The Morgan fingerprint density at radius 1 is 1.50 bits per heavy atom. The van der Waals surface area contributed by atoms with Crippen molar-refractivity contribution in [3.05, 3.63) is 23.8 Å². The maximum Gasteiger partial charge on any atom is 0.253 e. The van der Waals surface area contributed by atoms with Crippen LogP contribution in [0.3, 0.4) is 0 Å². The standard InChI is InChI=1S/C11H13N3O2/c1-14-6-5-12-11(16)8-3-2-4-9(10(8)14)13-7-15/h2-4,7H,5-6H2,1H3,(H,12,16)(H,13,15). The van der Waals surface area contributed by atoms with Gasteiger partial charge in [0.05, 0.1) is 16.9 Å². The Balaban J connectivity index is 2.55. The van der Waals surface area contributed by atoms with E-state index in [4.69, 9.17) is 0 Å². The van der Waals surface area contributed by atoms with Gasteiger partial charge in [-0.3, -0.25) is 9.59 Å². The van der Waals surface area contributed by atoms with Gasteiger partial charge in [0, 0.05) is 20.1 Å². The third-order valence-electron chi connectivity index (χ3n) is 2.61. The van der Waals surface area contributed by atoms with Crippen molar-refractivity contribution in [1.29, 1.82) is 0 Å². The molecule has 0 fully saturated rings. The van der Waals surface area contributed by atoms with E-state index in [1.807, 2.05) is 11.9 Å². The first-order valence-corrected chi connectivity index (χ1v) is 5.06. The highest BCUT2D eigenvalue weighted by atomic mass is 16.1. The molecular weight excluding hydrogens is 206 g/mol. The van der Waals surface area contributed by atoms with Crippen LogP contribution in [0.15, 0.2) is 18.2 Å². The molecular formula is C11H13N3O2. The quantitative estimate of drug-likeness (QED) is 0.709. The van der Waals surface area contributed by atoms with Gasteiger partial charge < -0.3 is 15.5 Å². The summed E-state index contributed by atoms with van der Waals surface area (Å²) in [7, 11) is 1.90. The number of carbonyl (C=O) groups excluding carboxylic acids is 2. The van der Waals surface area contributed by atoms with E-state index in [1.54, 1.807) is 18.2 Å². The van der Waals surface area contributed by atoms with Crippen molar-refractivity contribution in [3.63, 3.8) is 0 Å². The molecule has 0 aromatic heterocycles. The summed E-state index contributed by atoms with van der Waals surface area (Å²) in [5, 5.41) is 5.42. The molecule has 2 rings (SSSR count). The molecule has 1 aromatic carbocycles. The average molecular weight is 219 g/mol. The predicted molar refractivity (Wildman–Crippen MR) is 61.7 cm³/mol. The molecule has 0 unspecified atom stereocenters. The smallest absolute Gasteiger partial charge is 0.253 e. The summed E-state index contributed by atoms with van der Waals surface area (Å²) in [5.41, 5.74) is 2.02. The van der Waals surface area contributed by atoms with Gasteiger partial charge in [-0.25, -0.2) is 0 Å². The maximum absolute atomic E-state index is 11.8.